The summed E-state index contributed by atoms with van der Waals surface area (Å²) in [4.78, 5) is 29.0. The summed E-state index contributed by atoms with van der Waals surface area (Å²) in [5, 5.41) is 6.71. The second kappa shape index (κ2) is 15.0. The fourth-order valence-corrected chi connectivity index (χ4v) is 5.44. The number of anilines is 1. The second-order valence-corrected chi connectivity index (χ2v) is 11.9. The Morgan fingerprint density at radius 1 is 0.894 bits per heavy atom. The zero-order valence-corrected chi connectivity index (χ0v) is 27.9. The van der Waals surface area contributed by atoms with Crippen LogP contribution >= 0.6 is 23.2 Å². The van der Waals surface area contributed by atoms with Crippen molar-refractivity contribution >= 4 is 53.0 Å². The largest absolute Gasteiger partial charge is 0.495 e. The van der Waals surface area contributed by atoms with Crippen molar-refractivity contribution in [3.05, 3.63) is 124 Å². The minimum absolute atomic E-state index is 0.0172. The smallest absolute Gasteiger partial charge is 0.337 e. The molecule has 0 atom stereocenters. The average Bonchev–Trinajstić information content (AvgIpc) is 3.45. The van der Waals surface area contributed by atoms with E-state index in [2.05, 4.69) is 10.6 Å². The standard InChI is InChI=1S/C37H34Cl2N4O4/c1-23(2)40-37(45)42-32-17-14-28(19-34(32)46-3)26-10-5-24(6-11-26)9-18-35-41-33(30-16-15-29(38)20-31(30)39)22-43(35)21-25-7-12-27(13-8-25)36(44)47-4/h5-20,22-23H,21H2,1-4H3,(H2,40,42,45)/b18-9+. The highest BCUT2D eigenvalue weighted by Crippen LogP contribution is 2.32. The number of carbonyl (C=O) groups excluding carboxylic acids is 2. The van der Waals surface area contributed by atoms with Crippen molar-refractivity contribution in [3.63, 3.8) is 0 Å². The van der Waals surface area contributed by atoms with Crippen LogP contribution in [0.2, 0.25) is 10.0 Å². The molecule has 0 bridgehead atoms. The van der Waals surface area contributed by atoms with Crippen LogP contribution in [0.1, 0.15) is 41.2 Å². The van der Waals surface area contributed by atoms with Crippen LogP contribution in [0.25, 0.3) is 34.5 Å². The summed E-state index contributed by atoms with van der Waals surface area (Å²) in [6.07, 6.45) is 5.90. The lowest BCUT2D eigenvalue weighted by molar-refractivity contribution is 0.0600. The summed E-state index contributed by atoms with van der Waals surface area (Å²) in [5.74, 6) is 0.906. The molecule has 0 spiro atoms. The Balaban J connectivity index is 1.39. The molecule has 47 heavy (non-hydrogen) atoms. The summed E-state index contributed by atoms with van der Waals surface area (Å²) in [7, 11) is 2.94. The van der Waals surface area contributed by atoms with Crippen LogP contribution in [-0.4, -0.2) is 41.8 Å². The number of esters is 1. The van der Waals surface area contributed by atoms with E-state index in [1.807, 2.05) is 97.4 Å². The fraction of sp³-hybridized carbons (Fsp3) is 0.162. The number of carbonyl (C=O) groups is 2. The Morgan fingerprint density at radius 3 is 2.28 bits per heavy atom. The molecule has 0 fully saturated rings. The Hall–Kier alpha value is -5.05. The van der Waals surface area contributed by atoms with Gasteiger partial charge in [-0.25, -0.2) is 14.6 Å². The van der Waals surface area contributed by atoms with Gasteiger partial charge in [-0.3, -0.25) is 0 Å². The maximum Gasteiger partial charge on any atom is 0.337 e. The van der Waals surface area contributed by atoms with Crippen molar-refractivity contribution < 1.29 is 19.1 Å². The van der Waals surface area contributed by atoms with Gasteiger partial charge in [0.25, 0.3) is 0 Å². The molecule has 1 aromatic heterocycles. The molecule has 0 saturated heterocycles. The molecule has 0 saturated carbocycles. The fourth-order valence-electron chi connectivity index (χ4n) is 4.93. The number of imidazole rings is 1. The van der Waals surface area contributed by atoms with Crippen molar-refractivity contribution in [2.75, 3.05) is 19.5 Å². The lowest BCUT2D eigenvalue weighted by Gasteiger charge is -2.14. The Labute approximate surface area is 284 Å². The third kappa shape index (κ3) is 8.41. The van der Waals surface area contributed by atoms with Crippen LogP contribution in [0, 0.1) is 0 Å². The molecule has 2 N–H and O–H groups in total. The number of methoxy groups -OCH3 is 2. The number of hydrogen-bond acceptors (Lipinski definition) is 5. The maximum absolute atomic E-state index is 12.2. The number of rotatable bonds is 10. The van der Waals surface area contributed by atoms with Gasteiger partial charge in [0.15, 0.2) is 0 Å². The van der Waals surface area contributed by atoms with Gasteiger partial charge < -0.3 is 24.7 Å². The van der Waals surface area contributed by atoms with Crippen molar-refractivity contribution in [2.45, 2.75) is 26.4 Å². The molecule has 0 aliphatic carbocycles. The summed E-state index contributed by atoms with van der Waals surface area (Å²) in [6.45, 7) is 4.32. The van der Waals surface area contributed by atoms with Gasteiger partial charge in [0.2, 0.25) is 0 Å². The lowest BCUT2D eigenvalue weighted by Crippen LogP contribution is -2.34. The highest BCUT2D eigenvalue weighted by molar-refractivity contribution is 6.36. The zero-order chi connectivity index (χ0) is 33.5. The van der Waals surface area contributed by atoms with Crippen LogP contribution < -0.4 is 15.4 Å². The number of aromatic nitrogens is 2. The third-order valence-electron chi connectivity index (χ3n) is 7.28. The molecule has 0 unspecified atom stereocenters. The molecular formula is C37H34Cl2N4O4. The van der Waals surface area contributed by atoms with Gasteiger partial charge in [0, 0.05) is 29.4 Å². The molecule has 0 radical (unpaired) electrons. The lowest BCUT2D eigenvalue weighted by atomic mass is 10.0. The number of halogens is 2. The number of benzene rings is 4. The summed E-state index contributed by atoms with van der Waals surface area (Å²) in [5.41, 5.74) is 6.46. The van der Waals surface area contributed by atoms with E-state index < -0.39 is 0 Å². The van der Waals surface area contributed by atoms with Crippen LogP contribution in [-0.2, 0) is 11.3 Å². The molecule has 240 valence electrons. The number of nitrogens with zero attached hydrogens (tertiary/aromatic N) is 2. The SMILES string of the molecule is COC(=O)c1ccc(Cn2cc(-c3ccc(Cl)cc3Cl)nc2/C=C/c2ccc(-c3ccc(NC(=O)NC(C)C)c(OC)c3)cc2)cc1. The molecule has 0 aliphatic heterocycles. The van der Waals surface area contributed by atoms with Crippen LogP contribution in [0.15, 0.2) is 91.1 Å². The van der Waals surface area contributed by atoms with Gasteiger partial charge in [0.1, 0.15) is 11.6 Å². The molecule has 5 aromatic rings. The third-order valence-corrected chi connectivity index (χ3v) is 7.83. The maximum atomic E-state index is 12.2. The molecule has 1 heterocycles. The number of hydrogen-bond donors (Lipinski definition) is 2. The predicted molar refractivity (Wildman–Crippen MR) is 189 cm³/mol. The van der Waals surface area contributed by atoms with Crippen molar-refractivity contribution in [3.8, 4) is 28.1 Å². The number of amides is 2. The first-order valence-electron chi connectivity index (χ1n) is 14.9. The topological polar surface area (TPSA) is 94.5 Å². The molecule has 2 amide bonds. The zero-order valence-electron chi connectivity index (χ0n) is 26.4. The Bertz CT molecular complexity index is 1920. The molecule has 0 aliphatic rings. The van der Waals surface area contributed by atoms with E-state index in [9.17, 15) is 9.59 Å². The highest BCUT2D eigenvalue weighted by Gasteiger charge is 2.14. The first-order chi connectivity index (χ1) is 22.6. The van der Waals surface area contributed by atoms with E-state index in [-0.39, 0.29) is 18.0 Å². The van der Waals surface area contributed by atoms with Gasteiger partial charge in [-0.15, -0.1) is 0 Å². The van der Waals surface area contributed by atoms with Gasteiger partial charge in [-0.1, -0.05) is 71.7 Å². The van der Waals surface area contributed by atoms with Gasteiger partial charge in [-0.05, 0) is 84.6 Å². The molecule has 5 rings (SSSR count). The molecule has 10 heteroatoms. The van der Waals surface area contributed by atoms with E-state index >= 15 is 0 Å². The van der Waals surface area contributed by atoms with E-state index in [0.29, 0.717) is 39.3 Å². The molecule has 8 nitrogen and oxygen atoms in total. The minimum atomic E-state index is -0.382. The first kappa shape index (κ1) is 33.3. The van der Waals surface area contributed by atoms with E-state index in [4.69, 9.17) is 37.7 Å². The molecule has 4 aromatic carbocycles. The highest BCUT2D eigenvalue weighted by atomic mass is 35.5. The minimum Gasteiger partial charge on any atom is -0.495 e. The van der Waals surface area contributed by atoms with Gasteiger partial charge in [-0.2, -0.15) is 0 Å². The number of nitrogens with one attached hydrogen (secondary N) is 2. The van der Waals surface area contributed by atoms with E-state index in [1.165, 1.54) is 7.11 Å². The summed E-state index contributed by atoms with van der Waals surface area (Å²) < 4.78 is 12.4. The van der Waals surface area contributed by atoms with Gasteiger partial charge in [0.05, 0.1) is 36.2 Å². The predicted octanol–water partition coefficient (Wildman–Crippen LogP) is 9.07. The average molecular weight is 670 g/mol. The van der Waals surface area contributed by atoms with Crippen LogP contribution in [0.4, 0.5) is 10.5 Å². The van der Waals surface area contributed by atoms with Crippen molar-refractivity contribution in [1.29, 1.82) is 0 Å². The van der Waals surface area contributed by atoms with Crippen LogP contribution in [0.3, 0.4) is 0 Å². The van der Waals surface area contributed by atoms with Gasteiger partial charge >= 0.3 is 12.0 Å². The van der Waals surface area contributed by atoms with Crippen LogP contribution in [0.5, 0.6) is 5.75 Å². The normalized spacial score (nSPS) is 11.1. The molecular weight excluding hydrogens is 635 g/mol. The first-order valence-corrected chi connectivity index (χ1v) is 15.6. The Kier molecular flexibility index (Phi) is 10.7. The summed E-state index contributed by atoms with van der Waals surface area (Å²) in [6, 6.07) is 26.1. The van der Waals surface area contributed by atoms with E-state index in [0.717, 1.165) is 33.6 Å². The van der Waals surface area contributed by atoms with Crippen molar-refractivity contribution in [1.82, 2.24) is 14.9 Å². The van der Waals surface area contributed by atoms with E-state index in [1.54, 1.807) is 31.4 Å². The number of ether oxygens (including phenoxy) is 2. The Morgan fingerprint density at radius 2 is 1.62 bits per heavy atom. The monoisotopic (exact) mass is 668 g/mol. The summed E-state index contributed by atoms with van der Waals surface area (Å²) >= 11 is 12.7. The quantitative estimate of drug-likeness (QED) is 0.145. The van der Waals surface area contributed by atoms with Crippen molar-refractivity contribution in [2.24, 2.45) is 0 Å². The second-order valence-electron chi connectivity index (χ2n) is 11.0. The number of urea groups is 1.